The Bertz CT molecular complexity index is 337. The fourth-order valence-electron chi connectivity index (χ4n) is 2.07. The first kappa shape index (κ1) is 14.1. The molecule has 1 N–H and O–H groups in total. The third-order valence-corrected chi connectivity index (χ3v) is 3.08. The fraction of sp³-hybridized carbons (Fsp3) is 0.714. The standard InChI is InChI=1S/C14H25N3/c1-6-14-16-11(4)13(12(5)17-14)8-10(3)9-15-7-2/h10,15H,6-9H2,1-5H3. The summed E-state index contributed by atoms with van der Waals surface area (Å²) >= 11 is 0. The lowest BCUT2D eigenvalue weighted by atomic mass is 9.98. The summed E-state index contributed by atoms with van der Waals surface area (Å²) in [4.78, 5) is 9.11. The Labute approximate surface area is 105 Å². The van der Waals surface area contributed by atoms with E-state index in [1.54, 1.807) is 0 Å². The Kier molecular flexibility index (Phi) is 5.56. The number of nitrogens with zero attached hydrogens (tertiary/aromatic N) is 2. The van der Waals surface area contributed by atoms with E-state index in [1.165, 1.54) is 5.56 Å². The van der Waals surface area contributed by atoms with Crippen LogP contribution < -0.4 is 5.32 Å². The molecule has 0 aliphatic heterocycles. The van der Waals surface area contributed by atoms with E-state index in [1.807, 2.05) is 0 Å². The highest BCUT2D eigenvalue weighted by atomic mass is 14.9. The first-order valence-corrected chi connectivity index (χ1v) is 6.62. The lowest BCUT2D eigenvalue weighted by Gasteiger charge is -2.15. The van der Waals surface area contributed by atoms with E-state index in [0.29, 0.717) is 5.92 Å². The lowest BCUT2D eigenvalue weighted by Crippen LogP contribution is -2.22. The molecule has 1 unspecified atom stereocenters. The van der Waals surface area contributed by atoms with Gasteiger partial charge in [0, 0.05) is 17.8 Å². The Morgan fingerprint density at radius 3 is 2.18 bits per heavy atom. The first-order chi connectivity index (χ1) is 8.08. The molecule has 3 heteroatoms. The van der Waals surface area contributed by atoms with Crippen LogP contribution in [0, 0.1) is 19.8 Å². The number of aryl methyl sites for hydroxylation is 3. The maximum atomic E-state index is 4.55. The topological polar surface area (TPSA) is 37.8 Å². The molecular formula is C14H25N3. The number of nitrogens with one attached hydrogen (secondary N) is 1. The average molecular weight is 235 g/mol. The van der Waals surface area contributed by atoms with E-state index in [2.05, 4.69) is 49.9 Å². The van der Waals surface area contributed by atoms with Crippen molar-refractivity contribution in [3.8, 4) is 0 Å². The van der Waals surface area contributed by atoms with Crippen molar-refractivity contribution in [1.29, 1.82) is 0 Å². The third-order valence-electron chi connectivity index (χ3n) is 3.08. The summed E-state index contributed by atoms with van der Waals surface area (Å²) in [5.41, 5.74) is 3.63. The van der Waals surface area contributed by atoms with Crippen LogP contribution in [0.5, 0.6) is 0 Å². The minimum atomic E-state index is 0.628. The molecule has 1 aromatic rings. The SMILES string of the molecule is CCNCC(C)Cc1c(C)nc(CC)nc1C. The molecule has 0 saturated carbocycles. The molecule has 1 aromatic heterocycles. The molecule has 0 fully saturated rings. The van der Waals surface area contributed by atoms with E-state index in [9.17, 15) is 0 Å². The Morgan fingerprint density at radius 2 is 1.71 bits per heavy atom. The van der Waals surface area contributed by atoms with Gasteiger partial charge in [0.05, 0.1) is 0 Å². The van der Waals surface area contributed by atoms with Crippen LogP contribution in [0.4, 0.5) is 0 Å². The highest BCUT2D eigenvalue weighted by Gasteiger charge is 2.11. The number of aromatic nitrogens is 2. The van der Waals surface area contributed by atoms with Crippen molar-refractivity contribution in [2.75, 3.05) is 13.1 Å². The zero-order valence-electron chi connectivity index (χ0n) is 11.8. The summed E-state index contributed by atoms with van der Waals surface area (Å²) in [6.07, 6.45) is 1.98. The second-order valence-electron chi connectivity index (χ2n) is 4.76. The van der Waals surface area contributed by atoms with Gasteiger partial charge in [-0.05, 0) is 44.8 Å². The fourth-order valence-corrected chi connectivity index (χ4v) is 2.07. The van der Waals surface area contributed by atoms with Crippen LogP contribution in [0.25, 0.3) is 0 Å². The Morgan fingerprint density at radius 1 is 1.12 bits per heavy atom. The number of hydrogen-bond acceptors (Lipinski definition) is 3. The van der Waals surface area contributed by atoms with E-state index >= 15 is 0 Å². The minimum absolute atomic E-state index is 0.628. The quantitative estimate of drug-likeness (QED) is 0.823. The first-order valence-electron chi connectivity index (χ1n) is 6.62. The van der Waals surface area contributed by atoms with Gasteiger partial charge in [-0.1, -0.05) is 20.8 Å². The van der Waals surface area contributed by atoms with E-state index in [4.69, 9.17) is 0 Å². The normalized spacial score (nSPS) is 12.8. The third kappa shape index (κ3) is 4.08. The van der Waals surface area contributed by atoms with Gasteiger partial charge in [-0.25, -0.2) is 9.97 Å². The molecule has 0 radical (unpaired) electrons. The van der Waals surface area contributed by atoms with Crippen molar-refractivity contribution in [1.82, 2.24) is 15.3 Å². The van der Waals surface area contributed by atoms with Gasteiger partial charge in [0.15, 0.2) is 0 Å². The number of hydrogen-bond donors (Lipinski definition) is 1. The maximum absolute atomic E-state index is 4.55. The van der Waals surface area contributed by atoms with E-state index < -0.39 is 0 Å². The molecule has 1 rings (SSSR count). The van der Waals surface area contributed by atoms with Gasteiger partial charge in [0.25, 0.3) is 0 Å². The van der Waals surface area contributed by atoms with E-state index in [0.717, 1.165) is 43.1 Å². The predicted octanol–water partition coefficient (Wildman–Crippen LogP) is 2.44. The molecular weight excluding hydrogens is 210 g/mol. The highest BCUT2D eigenvalue weighted by molar-refractivity contribution is 5.24. The van der Waals surface area contributed by atoms with Crippen LogP contribution in [0.3, 0.4) is 0 Å². The molecule has 0 aromatic carbocycles. The molecule has 0 saturated heterocycles. The average Bonchev–Trinajstić information content (AvgIpc) is 2.30. The second-order valence-corrected chi connectivity index (χ2v) is 4.76. The zero-order valence-corrected chi connectivity index (χ0v) is 11.8. The summed E-state index contributed by atoms with van der Waals surface area (Å²) in [7, 11) is 0. The molecule has 0 aliphatic rings. The monoisotopic (exact) mass is 235 g/mol. The van der Waals surface area contributed by atoms with Crippen LogP contribution in [0.1, 0.15) is 43.5 Å². The predicted molar refractivity (Wildman–Crippen MR) is 72.3 cm³/mol. The maximum Gasteiger partial charge on any atom is 0.128 e. The Balaban J connectivity index is 2.77. The highest BCUT2D eigenvalue weighted by Crippen LogP contribution is 2.15. The van der Waals surface area contributed by atoms with Crippen molar-refractivity contribution >= 4 is 0 Å². The van der Waals surface area contributed by atoms with Crippen molar-refractivity contribution in [2.45, 2.75) is 47.5 Å². The van der Waals surface area contributed by atoms with Crippen LogP contribution >= 0.6 is 0 Å². The molecule has 0 bridgehead atoms. The molecule has 1 heterocycles. The van der Waals surface area contributed by atoms with E-state index in [-0.39, 0.29) is 0 Å². The minimum Gasteiger partial charge on any atom is -0.317 e. The van der Waals surface area contributed by atoms with Crippen LogP contribution in [-0.4, -0.2) is 23.1 Å². The molecule has 0 spiro atoms. The molecule has 17 heavy (non-hydrogen) atoms. The summed E-state index contributed by atoms with van der Waals surface area (Å²) in [5, 5.41) is 3.39. The van der Waals surface area contributed by atoms with Gasteiger partial charge in [0.2, 0.25) is 0 Å². The largest absolute Gasteiger partial charge is 0.317 e. The Hall–Kier alpha value is -0.960. The van der Waals surface area contributed by atoms with Gasteiger partial charge in [-0.15, -0.1) is 0 Å². The van der Waals surface area contributed by atoms with Gasteiger partial charge < -0.3 is 5.32 Å². The summed E-state index contributed by atoms with van der Waals surface area (Å²) in [6.45, 7) is 12.8. The summed E-state index contributed by atoms with van der Waals surface area (Å²) in [5.74, 6) is 1.59. The summed E-state index contributed by atoms with van der Waals surface area (Å²) < 4.78 is 0. The van der Waals surface area contributed by atoms with Gasteiger partial charge >= 0.3 is 0 Å². The van der Waals surface area contributed by atoms with Crippen molar-refractivity contribution in [2.24, 2.45) is 5.92 Å². The second kappa shape index (κ2) is 6.70. The van der Waals surface area contributed by atoms with Crippen molar-refractivity contribution in [3.63, 3.8) is 0 Å². The molecule has 0 amide bonds. The molecule has 96 valence electrons. The number of rotatable bonds is 6. The molecule has 3 nitrogen and oxygen atoms in total. The zero-order chi connectivity index (χ0) is 12.8. The summed E-state index contributed by atoms with van der Waals surface area (Å²) in [6, 6.07) is 0. The van der Waals surface area contributed by atoms with Gasteiger partial charge in [-0.2, -0.15) is 0 Å². The van der Waals surface area contributed by atoms with Crippen molar-refractivity contribution in [3.05, 3.63) is 22.8 Å². The molecule has 1 atom stereocenters. The van der Waals surface area contributed by atoms with Crippen LogP contribution in [0.15, 0.2) is 0 Å². The van der Waals surface area contributed by atoms with Crippen molar-refractivity contribution < 1.29 is 0 Å². The smallest absolute Gasteiger partial charge is 0.128 e. The lowest BCUT2D eigenvalue weighted by molar-refractivity contribution is 0.517. The molecule has 0 aliphatic carbocycles. The van der Waals surface area contributed by atoms with Crippen LogP contribution in [0.2, 0.25) is 0 Å². The van der Waals surface area contributed by atoms with Crippen LogP contribution in [-0.2, 0) is 12.8 Å². The van der Waals surface area contributed by atoms with Gasteiger partial charge in [-0.3, -0.25) is 0 Å². The van der Waals surface area contributed by atoms with Gasteiger partial charge in [0.1, 0.15) is 5.82 Å².